The van der Waals surface area contributed by atoms with Crippen LogP contribution in [-0.2, 0) is 13.5 Å². The largest absolute Gasteiger partial charge is 0.419 e. The van der Waals surface area contributed by atoms with E-state index in [0.29, 0.717) is 12.0 Å². The summed E-state index contributed by atoms with van der Waals surface area (Å²) >= 11 is 1.56. The van der Waals surface area contributed by atoms with Crippen LogP contribution in [0.5, 0.6) is 0 Å². The average Bonchev–Trinajstić information content (AvgIpc) is 2.98. The van der Waals surface area contributed by atoms with Crippen LogP contribution in [0.15, 0.2) is 51.7 Å². The molecule has 1 atom stereocenters. The molecule has 2 N–H and O–H groups in total. The number of hydrogen-bond acceptors (Lipinski definition) is 6. The molecule has 0 aliphatic heterocycles. The lowest BCUT2D eigenvalue weighted by Gasteiger charge is -2.11. The highest BCUT2D eigenvalue weighted by atomic mass is 32.2. The Morgan fingerprint density at radius 2 is 1.96 bits per heavy atom. The number of nitrogens with one attached hydrogen (secondary N) is 2. The Morgan fingerprint density at radius 3 is 2.67 bits per heavy atom. The second-order valence-corrected chi connectivity index (χ2v) is 7.19. The molecule has 27 heavy (non-hydrogen) atoms. The van der Waals surface area contributed by atoms with Gasteiger partial charge in [0.2, 0.25) is 0 Å². The van der Waals surface area contributed by atoms with Gasteiger partial charge in [-0.25, -0.2) is 9.52 Å². The Labute approximate surface area is 162 Å². The fraction of sp³-hybridized carbons (Fsp3) is 0.300. The second kappa shape index (κ2) is 8.91. The van der Waals surface area contributed by atoms with E-state index >= 15 is 0 Å². The van der Waals surface area contributed by atoms with Gasteiger partial charge in [-0.1, -0.05) is 42.3 Å². The average molecular weight is 382 g/mol. The third kappa shape index (κ3) is 4.61. The summed E-state index contributed by atoms with van der Waals surface area (Å²) in [6.07, 6.45) is 0.651. The molecule has 2 aromatic carbocycles. The summed E-state index contributed by atoms with van der Waals surface area (Å²) in [6.45, 7) is 0.900. The van der Waals surface area contributed by atoms with E-state index in [-0.39, 0.29) is 11.8 Å². The summed E-state index contributed by atoms with van der Waals surface area (Å²) in [4.78, 5) is 11.6. The molecule has 0 fully saturated rings. The SMILES string of the molecule is CNCCSNC(C#N)Cc1ccc(-c2ccc3oc(=O)n(C)c3c2)cc1. The van der Waals surface area contributed by atoms with Crippen molar-refractivity contribution in [1.29, 1.82) is 5.26 Å². The van der Waals surface area contributed by atoms with Gasteiger partial charge >= 0.3 is 5.76 Å². The maximum atomic E-state index is 11.6. The van der Waals surface area contributed by atoms with Crippen molar-refractivity contribution in [2.24, 2.45) is 7.05 Å². The van der Waals surface area contributed by atoms with Crippen LogP contribution in [0.2, 0.25) is 0 Å². The van der Waals surface area contributed by atoms with Crippen LogP contribution in [0.1, 0.15) is 5.56 Å². The number of nitrogens with zero attached hydrogens (tertiary/aromatic N) is 2. The molecule has 0 saturated carbocycles. The first-order valence-corrected chi connectivity index (χ1v) is 9.71. The molecular formula is C20H22N4O2S. The van der Waals surface area contributed by atoms with Gasteiger partial charge in [0.1, 0.15) is 6.04 Å². The quantitative estimate of drug-likeness (QED) is 0.460. The fourth-order valence-electron chi connectivity index (χ4n) is 2.80. The molecule has 1 unspecified atom stereocenters. The van der Waals surface area contributed by atoms with Crippen LogP contribution < -0.4 is 15.8 Å². The molecule has 1 aromatic heterocycles. The van der Waals surface area contributed by atoms with E-state index in [4.69, 9.17) is 4.42 Å². The highest BCUT2D eigenvalue weighted by Crippen LogP contribution is 2.24. The predicted octanol–water partition coefficient (Wildman–Crippen LogP) is 2.69. The number of nitriles is 1. The van der Waals surface area contributed by atoms with E-state index in [1.807, 2.05) is 49.5 Å². The minimum absolute atomic E-state index is 0.227. The van der Waals surface area contributed by atoms with Crippen molar-refractivity contribution in [1.82, 2.24) is 14.6 Å². The highest BCUT2D eigenvalue weighted by molar-refractivity contribution is 7.97. The number of oxazole rings is 1. The van der Waals surface area contributed by atoms with E-state index in [9.17, 15) is 10.1 Å². The molecule has 0 spiro atoms. The molecule has 0 aliphatic carbocycles. The van der Waals surface area contributed by atoms with Crippen LogP contribution in [0.4, 0.5) is 0 Å². The lowest BCUT2D eigenvalue weighted by Crippen LogP contribution is -2.25. The number of rotatable bonds is 8. The maximum Gasteiger partial charge on any atom is 0.419 e. The minimum Gasteiger partial charge on any atom is -0.408 e. The van der Waals surface area contributed by atoms with Crippen LogP contribution >= 0.6 is 11.9 Å². The molecule has 0 amide bonds. The molecule has 7 heteroatoms. The van der Waals surface area contributed by atoms with Crippen molar-refractivity contribution in [2.75, 3.05) is 19.3 Å². The number of hydrogen-bond donors (Lipinski definition) is 2. The molecule has 3 rings (SSSR count). The Morgan fingerprint density at radius 1 is 1.22 bits per heavy atom. The molecule has 0 bridgehead atoms. The van der Waals surface area contributed by atoms with E-state index < -0.39 is 0 Å². The normalized spacial score (nSPS) is 12.2. The van der Waals surface area contributed by atoms with E-state index in [0.717, 1.165) is 34.5 Å². The van der Waals surface area contributed by atoms with Gasteiger partial charge in [-0.3, -0.25) is 4.57 Å². The zero-order chi connectivity index (χ0) is 19.2. The van der Waals surface area contributed by atoms with Crippen molar-refractivity contribution in [3.8, 4) is 17.2 Å². The van der Waals surface area contributed by atoms with Gasteiger partial charge in [0, 0.05) is 25.8 Å². The molecule has 0 aliphatic rings. The van der Waals surface area contributed by atoms with Crippen molar-refractivity contribution in [2.45, 2.75) is 12.5 Å². The minimum atomic E-state index is -0.361. The summed E-state index contributed by atoms with van der Waals surface area (Å²) in [5.41, 5.74) is 4.53. The summed E-state index contributed by atoms with van der Waals surface area (Å²) < 4.78 is 9.88. The van der Waals surface area contributed by atoms with Crippen LogP contribution in [0.25, 0.3) is 22.2 Å². The molecule has 3 aromatic rings. The first kappa shape index (κ1) is 19.2. The molecule has 140 valence electrons. The van der Waals surface area contributed by atoms with Crippen molar-refractivity contribution in [3.63, 3.8) is 0 Å². The fourth-order valence-corrected chi connectivity index (χ4v) is 3.56. The predicted molar refractivity (Wildman–Crippen MR) is 110 cm³/mol. The molecule has 0 radical (unpaired) electrons. The number of benzene rings is 2. The molecule has 1 heterocycles. The lowest BCUT2D eigenvalue weighted by atomic mass is 10.0. The summed E-state index contributed by atoms with van der Waals surface area (Å²) in [7, 11) is 3.61. The standard InChI is InChI=1S/C20H22N4O2S/c1-22-9-10-27-23-17(13-21)11-14-3-5-15(6-4-14)16-7-8-19-18(12-16)24(2)20(25)26-19/h3-8,12,17,22-23H,9-11H2,1-2H3. The van der Waals surface area contributed by atoms with E-state index in [1.54, 1.807) is 19.0 Å². The summed E-state index contributed by atoms with van der Waals surface area (Å²) in [6, 6.07) is 15.9. The van der Waals surface area contributed by atoms with Crippen LogP contribution in [-0.4, -0.2) is 30.0 Å². The highest BCUT2D eigenvalue weighted by Gasteiger charge is 2.10. The number of aromatic nitrogens is 1. The van der Waals surface area contributed by atoms with Gasteiger partial charge in [-0.15, -0.1) is 0 Å². The molecule has 6 nitrogen and oxygen atoms in total. The zero-order valence-corrected chi connectivity index (χ0v) is 16.2. The third-order valence-electron chi connectivity index (χ3n) is 4.35. The topological polar surface area (TPSA) is 83.0 Å². The lowest BCUT2D eigenvalue weighted by molar-refractivity contribution is 0.528. The van der Waals surface area contributed by atoms with Gasteiger partial charge in [-0.05, 0) is 35.9 Å². The monoisotopic (exact) mass is 382 g/mol. The van der Waals surface area contributed by atoms with E-state index in [1.165, 1.54) is 4.57 Å². The van der Waals surface area contributed by atoms with Gasteiger partial charge in [0.05, 0.1) is 11.6 Å². The Kier molecular flexibility index (Phi) is 6.35. The van der Waals surface area contributed by atoms with Gasteiger partial charge in [0.15, 0.2) is 5.58 Å². The zero-order valence-electron chi connectivity index (χ0n) is 15.4. The van der Waals surface area contributed by atoms with Gasteiger partial charge in [0.25, 0.3) is 0 Å². The summed E-state index contributed by atoms with van der Waals surface area (Å²) in [5, 5.41) is 12.4. The van der Waals surface area contributed by atoms with E-state index in [2.05, 4.69) is 16.1 Å². The molecule has 0 saturated heterocycles. The first-order valence-electron chi connectivity index (χ1n) is 8.73. The van der Waals surface area contributed by atoms with Crippen molar-refractivity contribution in [3.05, 3.63) is 58.6 Å². The first-order chi connectivity index (χ1) is 13.1. The number of fused-ring (bicyclic) bond motifs is 1. The van der Waals surface area contributed by atoms with Gasteiger partial charge in [-0.2, -0.15) is 5.26 Å². The Hall–Kier alpha value is -2.53. The van der Waals surface area contributed by atoms with Crippen LogP contribution in [0, 0.1) is 11.3 Å². The van der Waals surface area contributed by atoms with Crippen LogP contribution in [0.3, 0.4) is 0 Å². The van der Waals surface area contributed by atoms with Gasteiger partial charge < -0.3 is 9.73 Å². The van der Waals surface area contributed by atoms with Crippen molar-refractivity contribution >= 4 is 23.0 Å². The molecular weight excluding hydrogens is 360 g/mol. The third-order valence-corrected chi connectivity index (χ3v) is 5.21. The maximum absolute atomic E-state index is 11.6. The Bertz CT molecular complexity index is 1000. The second-order valence-electron chi connectivity index (χ2n) is 6.26. The number of aryl methyl sites for hydroxylation is 1. The smallest absolute Gasteiger partial charge is 0.408 e. The summed E-state index contributed by atoms with van der Waals surface area (Å²) in [5.74, 6) is 0.548. The van der Waals surface area contributed by atoms with Crippen molar-refractivity contribution < 1.29 is 4.42 Å². The Balaban J connectivity index is 1.70.